The Morgan fingerprint density at radius 1 is 1.17 bits per heavy atom. The number of amides is 2. The molecule has 0 saturated carbocycles. The predicted molar refractivity (Wildman–Crippen MR) is 89.1 cm³/mol. The number of halogens is 1. The third kappa shape index (κ3) is 5.89. The lowest BCUT2D eigenvalue weighted by Gasteiger charge is -2.16. The summed E-state index contributed by atoms with van der Waals surface area (Å²) in [6.45, 7) is 2.47. The molecule has 0 saturated heterocycles. The van der Waals surface area contributed by atoms with Crippen LogP contribution in [0.1, 0.15) is 18.1 Å². The Morgan fingerprint density at radius 3 is 2.58 bits per heavy atom. The van der Waals surface area contributed by atoms with Crippen molar-refractivity contribution >= 4 is 6.03 Å². The van der Waals surface area contributed by atoms with Crippen molar-refractivity contribution in [3.63, 3.8) is 0 Å². The van der Waals surface area contributed by atoms with Crippen LogP contribution in [-0.4, -0.2) is 23.8 Å². The van der Waals surface area contributed by atoms with Crippen molar-refractivity contribution in [2.24, 2.45) is 0 Å². The molecule has 2 aromatic rings. The van der Waals surface area contributed by atoms with Gasteiger partial charge in [0.15, 0.2) is 0 Å². The van der Waals surface area contributed by atoms with Crippen LogP contribution in [0.2, 0.25) is 0 Å². The van der Waals surface area contributed by atoms with Crippen LogP contribution in [0.5, 0.6) is 5.75 Å². The molecule has 24 heavy (non-hydrogen) atoms. The molecule has 0 aromatic heterocycles. The highest BCUT2D eigenvalue weighted by Crippen LogP contribution is 2.12. The number of hydrogen-bond donors (Lipinski definition) is 3. The Hall–Kier alpha value is -2.60. The van der Waals surface area contributed by atoms with Crippen molar-refractivity contribution in [2.45, 2.75) is 26.2 Å². The number of aliphatic hydroxyl groups excluding tert-OH is 1. The molecule has 0 heterocycles. The minimum Gasteiger partial charge on any atom is -0.489 e. The van der Waals surface area contributed by atoms with Crippen molar-refractivity contribution < 1.29 is 19.0 Å². The zero-order valence-electron chi connectivity index (χ0n) is 13.5. The lowest BCUT2D eigenvalue weighted by Crippen LogP contribution is -2.40. The second-order valence-corrected chi connectivity index (χ2v) is 5.42. The van der Waals surface area contributed by atoms with Crippen LogP contribution in [0.3, 0.4) is 0 Å². The molecule has 0 radical (unpaired) electrons. The van der Waals surface area contributed by atoms with Gasteiger partial charge in [0.25, 0.3) is 0 Å². The van der Waals surface area contributed by atoms with Gasteiger partial charge in [-0.25, -0.2) is 9.18 Å². The van der Waals surface area contributed by atoms with Gasteiger partial charge in [-0.3, -0.25) is 0 Å². The van der Waals surface area contributed by atoms with E-state index in [0.717, 1.165) is 11.1 Å². The van der Waals surface area contributed by atoms with Crippen LogP contribution in [0, 0.1) is 5.82 Å². The lowest BCUT2D eigenvalue weighted by molar-refractivity contribution is 0.207. The number of carbonyl (C=O) groups excluding carboxylic acids is 1. The molecule has 6 heteroatoms. The minimum absolute atomic E-state index is 0.0295. The van der Waals surface area contributed by atoms with Crippen molar-refractivity contribution in [2.75, 3.05) is 6.54 Å². The Labute approximate surface area is 140 Å². The number of urea groups is 1. The van der Waals surface area contributed by atoms with Crippen molar-refractivity contribution in [3.05, 3.63) is 65.5 Å². The number of benzene rings is 2. The first-order chi connectivity index (χ1) is 11.6. The zero-order chi connectivity index (χ0) is 17.4. The fraction of sp³-hybridized carbons (Fsp3) is 0.278. The summed E-state index contributed by atoms with van der Waals surface area (Å²) < 4.78 is 18.4. The summed E-state index contributed by atoms with van der Waals surface area (Å²) in [6.07, 6.45) is -0.251. The van der Waals surface area contributed by atoms with Crippen molar-refractivity contribution in [1.29, 1.82) is 0 Å². The van der Waals surface area contributed by atoms with Crippen LogP contribution in [0.25, 0.3) is 0 Å². The summed E-state index contributed by atoms with van der Waals surface area (Å²) in [5, 5.41) is 14.5. The molecule has 3 N–H and O–H groups in total. The summed E-state index contributed by atoms with van der Waals surface area (Å²) in [6, 6.07) is 12.8. The summed E-state index contributed by atoms with van der Waals surface area (Å²) in [5.41, 5.74) is 1.71. The lowest BCUT2D eigenvalue weighted by atomic mass is 10.1. The molecule has 5 nitrogen and oxygen atoms in total. The molecule has 0 aliphatic carbocycles. The van der Waals surface area contributed by atoms with E-state index in [9.17, 15) is 9.18 Å². The SMILES string of the molecule is CC(CNC(=O)NCc1cccc(CO)c1)Oc1ccc(F)cc1. The predicted octanol–water partition coefficient (Wildman–Crippen LogP) is 2.58. The average Bonchev–Trinajstić information content (AvgIpc) is 2.60. The maximum Gasteiger partial charge on any atom is 0.315 e. The highest BCUT2D eigenvalue weighted by Gasteiger charge is 2.07. The Kier molecular flexibility index (Phi) is 6.57. The van der Waals surface area contributed by atoms with Gasteiger partial charge in [-0.05, 0) is 42.3 Å². The average molecular weight is 332 g/mol. The van der Waals surface area contributed by atoms with Crippen LogP contribution in [0.4, 0.5) is 9.18 Å². The molecule has 0 spiro atoms. The van der Waals surface area contributed by atoms with Crippen LogP contribution < -0.4 is 15.4 Å². The molecule has 0 aliphatic rings. The van der Waals surface area contributed by atoms with Gasteiger partial charge in [0.2, 0.25) is 0 Å². The highest BCUT2D eigenvalue weighted by atomic mass is 19.1. The van der Waals surface area contributed by atoms with E-state index in [1.807, 2.05) is 31.2 Å². The molecule has 2 aromatic carbocycles. The maximum atomic E-state index is 12.8. The molecule has 1 unspecified atom stereocenters. The van der Waals surface area contributed by atoms with Gasteiger partial charge in [0.05, 0.1) is 13.2 Å². The third-order valence-electron chi connectivity index (χ3n) is 3.33. The van der Waals surface area contributed by atoms with E-state index >= 15 is 0 Å². The third-order valence-corrected chi connectivity index (χ3v) is 3.33. The van der Waals surface area contributed by atoms with Gasteiger partial charge in [-0.2, -0.15) is 0 Å². The highest BCUT2D eigenvalue weighted by molar-refractivity contribution is 5.73. The van der Waals surface area contributed by atoms with E-state index in [0.29, 0.717) is 18.8 Å². The van der Waals surface area contributed by atoms with Gasteiger partial charge in [-0.15, -0.1) is 0 Å². The van der Waals surface area contributed by atoms with Gasteiger partial charge in [0, 0.05) is 6.54 Å². The standard InChI is InChI=1S/C18H21FN2O3/c1-13(24-17-7-5-16(19)6-8-17)10-20-18(23)21-11-14-3-2-4-15(9-14)12-22/h2-9,13,22H,10-12H2,1H3,(H2,20,21,23). The normalized spacial score (nSPS) is 11.6. The van der Waals surface area contributed by atoms with Crippen LogP contribution in [-0.2, 0) is 13.2 Å². The fourth-order valence-electron chi connectivity index (χ4n) is 2.11. The fourth-order valence-corrected chi connectivity index (χ4v) is 2.11. The van der Waals surface area contributed by atoms with Gasteiger partial charge < -0.3 is 20.5 Å². The molecule has 1 atom stereocenters. The second kappa shape index (κ2) is 8.88. The topological polar surface area (TPSA) is 70.6 Å². The number of ether oxygens (including phenoxy) is 1. The molecular formula is C18H21FN2O3. The Balaban J connectivity index is 1.71. The van der Waals surface area contributed by atoms with Gasteiger partial charge in [-0.1, -0.05) is 24.3 Å². The van der Waals surface area contributed by atoms with Crippen molar-refractivity contribution in [3.8, 4) is 5.75 Å². The van der Waals surface area contributed by atoms with E-state index in [1.165, 1.54) is 12.1 Å². The molecule has 128 valence electrons. The zero-order valence-corrected chi connectivity index (χ0v) is 13.5. The number of aliphatic hydroxyl groups is 1. The first kappa shape index (κ1) is 17.7. The number of nitrogens with one attached hydrogen (secondary N) is 2. The van der Waals surface area contributed by atoms with Crippen LogP contribution >= 0.6 is 0 Å². The molecule has 2 amide bonds. The summed E-state index contributed by atoms with van der Waals surface area (Å²) in [5.74, 6) is 0.227. The summed E-state index contributed by atoms with van der Waals surface area (Å²) in [7, 11) is 0. The summed E-state index contributed by atoms with van der Waals surface area (Å²) in [4.78, 5) is 11.8. The van der Waals surface area contributed by atoms with E-state index in [-0.39, 0.29) is 24.6 Å². The number of hydrogen-bond acceptors (Lipinski definition) is 3. The van der Waals surface area contributed by atoms with E-state index < -0.39 is 0 Å². The van der Waals surface area contributed by atoms with Gasteiger partial charge in [0.1, 0.15) is 17.7 Å². The van der Waals surface area contributed by atoms with E-state index in [1.54, 1.807) is 12.1 Å². The smallest absolute Gasteiger partial charge is 0.315 e. The van der Waals surface area contributed by atoms with E-state index in [4.69, 9.17) is 9.84 Å². The molecule has 0 fully saturated rings. The number of rotatable bonds is 7. The van der Waals surface area contributed by atoms with Crippen molar-refractivity contribution in [1.82, 2.24) is 10.6 Å². The molecular weight excluding hydrogens is 311 g/mol. The Morgan fingerprint density at radius 2 is 1.88 bits per heavy atom. The first-order valence-electron chi connectivity index (χ1n) is 7.69. The first-order valence-corrected chi connectivity index (χ1v) is 7.69. The van der Waals surface area contributed by atoms with E-state index in [2.05, 4.69) is 10.6 Å². The second-order valence-electron chi connectivity index (χ2n) is 5.42. The maximum absolute atomic E-state index is 12.8. The number of carbonyl (C=O) groups is 1. The molecule has 0 bridgehead atoms. The largest absolute Gasteiger partial charge is 0.489 e. The quantitative estimate of drug-likeness (QED) is 0.730. The summed E-state index contributed by atoms with van der Waals surface area (Å²) >= 11 is 0. The van der Waals surface area contributed by atoms with Crippen LogP contribution in [0.15, 0.2) is 48.5 Å². The molecule has 0 aliphatic heterocycles. The minimum atomic E-state index is -0.322. The Bertz CT molecular complexity index is 662. The van der Waals surface area contributed by atoms with Gasteiger partial charge >= 0.3 is 6.03 Å². The molecule has 2 rings (SSSR count). The monoisotopic (exact) mass is 332 g/mol.